The van der Waals surface area contributed by atoms with Crippen LogP contribution >= 0.6 is 0 Å². The van der Waals surface area contributed by atoms with Crippen LogP contribution in [0.5, 0.6) is 0 Å². The van der Waals surface area contributed by atoms with Crippen LogP contribution in [0.1, 0.15) is 30.1 Å². The fourth-order valence-corrected chi connectivity index (χ4v) is 1.36. The Morgan fingerprint density at radius 3 is 2.47 bits per heavy atom. The molecule has 0 bridgehead atoms. The van der Waals surface area contributed by atoms with Gasteiger partial charge < -0.3 is 14.8 Å². The van der Waals surface area contributed by atoms with E-state index in [1.807, 2.05) is 6.92 Å². The molecule has 1 rings (SSSR count). The minimum absolute atomic E-state index is 0.0940. The SMILES string of the molecule is CCCCOC(=O)c1ccc(NCC(=O)OC)cc1. The molecule has 5 nitrogen and oxygen atoms in total. The van der Waals surface area contributed by atoms with Gasteiger partial charge in [-0.3, -0.25) is 4.79 Å². The summed E-state index contributed by atoms with van der Waals surface area (Å²) in [6, 6.07) is 6.76. The highest BCUT2D eigenvalue weighted by Gasteiger charge is 2.06. The molecule has 0 aliphatic rings. The van der Waals surface area contributed by atoms with Crippen molar-refractivity contribution < 1.29 is 19.1 Å². The van der Waals surface area contributed by atoms with E-state index in [4.69, 9.17) is 4.74 Å². The van der Waals surface area contributed by atoms with Gasteiger partial charge in [0.2, 0.25) is 0 Å². The Labute approximate surface area is 112 Å². The van der Waals surface area contributed by atoms with Crippen LogP contribution in [0.4, 0.5) is 5.69 Å². The monoisotopic (exact) mass is 265 g/mol. The Morgan fingerprint density at radius 2 is 1.89 bits per heavy atom. The number of esters is 2. The maximum absolute atomic E-state index is 11.6. The number of carbonyl (C=O) groups is 2. The Morgan fingerprint density at radius 1 is 1.21 bits per heavy atom. The molecule has 0 amide bonds. The summed E-state index contributed by atoms with van der Waals surface area (Å²) < 4.78 is 9.60. The highest BCUT2D eigenvalue weighted by atomic mass is 16.5. The second kappa shape index (κ2) is 8.13. The van der Waals surface area contributed by atoms with Crippen molar-refractivity contribution in [2.75, 3.05) is 25.6 Å². The van der Waals surface area contributed by atoms with E-state index in [0.29, 0.717) is 12.2 Å². The van der Waals surface area contributed by atoms with Gasteiger partial charge in [0.15, 0.2) is 0 Å². The predicted molar refractivity (Wildman–Crippen MR) is 72.1 cm³/mol. The number of hydrogen-bond donors (Lipinski definition) is 1. The zero-order valence-electron chi connectivity index (χ0n) is 11.3. The van der Waals surface area contributed by atoms with Crippen LogP contribution in [0.15, 0.2) is 24.3 Å². The highest BCUT2D eigenvalue weighted by molar-refractivity contribution is 5.89. The van der Waals surface area contributed by atoms with Crippen molar-refractivity contribution in [3.05, 3.63) is 29.8 Å². The molecule has 0 fully saturated rings. The topological polar surface area (TPSA) is 64.6 Å². The number of methoxy groups -OCH3 is 1. The van der Waals surface area contributed by atoms with Crippen LogP contribution in [-0.4, -0.2) is 32.2 Å². The Balaban J connectivity index is 2.46. The predicted octanol–water partition coefficient (Wildman–Crippen LogP) is 2.23. The van der Waals surface area contributed by atoms with Gasteiger partial charge in [0.1, 0.15) is 6.54 Å². The third kappa shape index (κ3) is 5.42. The standard InChI is InChI=1S/C14H19NO4/c1-3-4-9-19-14(17)11-5-7-12(8-6-11)15-10-13(16)18-2/h5-8,15H,3-4,9-10H2,1-2H3. The number of carbonyl (C=O) groups excluding carboxylic acids is 2. The Kier molecular flexibility index (Phi) is 6.43. The number of anilines is 1. The molecule has 0 atom stereocenters. The van der Waals surface area contributed by atoms with E-state index in [-0.39, 0.29) is 18.5 Å². The highest BCUT2D eigenvalue weighted by Crippen LogP contribution is 2.10. The molecule has 0 spiro atoms. The summed E-state index contributed by atoms with van der Waals surface area (Å²) in [6.07, 6.45) is 1.86. The van der Waals surface area contributed by atoms with Crippen molar-refractivity contribution in [2.24, 2.45) is 0 Å². The summed E-state index contributed by atoms with van der Waals surface area (Å²) >= 11 is 0. The summed E-state index contributed by atoms with van der Waals surface area (Å²) in [5.74, 6) is -0.670. The van der Waals surface area contributed by atoms with E-state index >= 15 is 0 Å². The minimum atomic E-state index is -0.344. The molecule has 1 N–H and O–H groups in total. The quantitative estimate of drug-likeness (QED) is 0.605. The third-order valence-electron chi connectivity index (χ3n) is 2.52. The molecule has 0 aliphatic carbocycles. The van der Waals surface area contributed by atoms with Crippen LogP contribution in [0.25, 0.3) is 0 Å². The fraction of sp³-hybridized carbons (Fsp3) is 0.429. The van der Waals surface area contributed by atoms with E-state index in [2.05, 4.69) is 10.1 Å². The van der Waals surface area contributed by atoms with Crippen molar-refractivity contribution in [3.63, 3.8) is 0 Å². The largest absolute Gasteiger partial charge is 0.468 e. The molecule has 0 aliphatic heterocycles. The van der Waals surface area contributed by atoms with E-state index in [9.17, 15) is 9.59 Å². The van der Waals surface area contributed by atoms with Crippen molar-refractivity contribution in [1.82, 2.24) is 0 Å². The van der Waals surface area contributed by atoms with Crippen LogP contribution in [-0.2, 0) is 14.3 Å². The third-order valence-corrected chi connectivity index (χ3v) is 2.52. The second-order valence-corrected chi connectivity index (χ2v) is 4.00. The lowest BCUT2D eigenvalue weighted by Crippen LogP contribution is -2.15. The lowest BCUT2D eigenvalue weighted by Gasteiger charge is -2.07. The maximum atomic E-state index is 11.6. The van der Waals surface area contributed by atoms with Gasteiger partial charge in [0.05, 0.1) is 19.3 Å². The molecule has 0 saturated heterocycles. The summed E-state index contributed by atoms with van der Waals surface area (Å²) in [4.78, 5) is 22.6. The van der Waals surface area contributed by atoms with Gasteiger partial charge in [-0.2, -0.15) is 0 Å². The second-order valence-electron chi connectivity index (χ2n) is 4.00. The zero-order valence-corrected chi connectivity index (χ0v) is 11.3. The van der Waals surface area contributed by atoms with Crippen molar-refractivity contribution in [3.8, 4) is 0 Å². The number of benzene rings is 1. The summed E-state index contributed by atoms with van der Waals surface area (Å²) in [6.45, 7) is 2.57. The fourth-order valence-electron chi connectivity index (χ4n) is 1.36. The normalized spacial score (nSPS) is 9.79. The van der Waals surface area contributed by atoms with E-state index in [1.165, 1.54) is 7.11 Å². The van der Waals surface area contributed by atoms with Crippen LogP contribution in [0.2, 0.25) is 0 Å². The van der Waals surface area contributed by atoms with Crippen molar-refractivity contribution in [2.45, 2.75) is 19.8 Å². The van der Waals surface area contributed by atoms with Gasteiger partial charge in [0, 0.05) is 5.69 Å². The van der Waals surface area contributed by atoms with E-state index in [0.717, 1.165) is 18.5 Å². The number of unbranched alkanes of at least 4 members (excludes halogenated alkanes) is 1. The average Bonchev–Trinajstić information content (AvgIpc) is 2.45. The molecule has 0 radical (unpaired) electrons. The smallest absolute Gasteiger partial charge is 0.338 e. The summed E-state index contributed by atoms with van der Waals surface area (Å²) in [5.41, 5.74) is 1.25. The van der Waals surface area contributed by atoms with E-state index < -0.39 is 0 Å². The first-order chi connectivity index (χ1) is 9.17. The number of ether oxygens (including phenoxy) is 2. The molecule has 0 unspecified atom stereocenters. The van der Waals surface area contributed by atoms with Crippen molar-refractivity contribution in [1.29, 1.82) is 0 Å². The molecule has 1 aromatic rings. The Hall–Kier alpha value is -2.04. The van der Waals surface area contributed by atoms with Crippen LogP contribution in [0, 0.1) is 0 Å². The van der Waals surface area contributed by atoms with Crippen molar-refractivity contribution >= 4 is 17.6 Å². The Bertz CT molecular complexity index is 414. The first kappa shape index (κ1) is 15.0. The molecule has 5 heteroatoms. The minimum Gasteiger partial charge on any atom is -0.468 e. The zero-order chi connectivity index (χ0) is 14.1. The lowest BCUT2D eigenvalue weighted by molar-refractivity contribution is -0.138. The lowest BCUT2D eigenvalue weighted by atomic mass is 10.2. The number of hydrogen-bond acceptors (Lipinski definition) is 5. The van der Waals surface area contributed by atoms with Gasteiger partial charge in [-0.05, 0) is 30.7 Å². The van der Waals surface area contributed by atoms with Gasteiger partial charge in [-0.1, -0.05) is 13.3 Å². The number of rotatable bonds is 7. The average molecular weight is 265 g/mol. The molecule has 0 heterocycles. The molecular weight excluding hydrogens is 246 g/mol. The van der Waals surface area contributed by atoms with Gasteiger partial charge in [-0.15, -0.1) is 0 Å². The molecule has 0 saturated carbocycles. The van der Waals surface area contributed by atoms with Gasteiger partial charge in [0.25, 0.3) is 0 Å². The summed E-state index contributed by atoms with van der Waals surface area (Å²) in [5, 5.41) is 2.89. The van der Waals surface area contributed by atoms with Crippen LogP contribution < -0.4 is 5.32 Å². The van der Waals surface area contributed by atoms with E-state index in [1.54, 1.807) is 24.3 Å². The summed E-state index contributed by atoms with van der Waals surface area (Å²) in [7, 11) is 1.33. The van der Waals surface area contributed by atoms with Crippen LogP contribution in [0.3, 0.4) is 0 Å². The maximum Gasteiger partial charge on any atom is 0.338 e. The molecule has 1 aromatic carbocycles. The first-order valence-electron chi connectivity index (χ1n) is 6.25. The van der Waals surface area contributed by atoms with Gasteiger partial charge in [-0.25, -0.2) is 4.79 Å². The molecular formula is C14H19NO4. The molecule has 104 valence electrons. The molecule has 0 aromatic heterocycles. The molecule has 19 heavy (non-hydrogen) atoms. The number of nitrogens with one attached hydrogen (secondary N) is 1. The van der Waals surface area contributed by atoms with Gasteiger partial charge >= 0.3 is 11.9 Å². The first-order valence-corrected chi connectivity index (χ1v) is 6.25.